The number of aromatic nitrogens is 2. The summed E-state index contributed by atoms with van der Waals surface area (Å²) in [4.78, 5) is 25.8. The normalized spacial score (nSPS) is 11.0. The highest BCUT2D eigenvalue weighted by atomic mass is 19.1. The van der Waals surface area contributed by atoms with E-state index in [0.29, 0.717) is 5.56 Å². The van der Waals surface area contributed by atoms with E-state index in [0.717, 1.165) is 10.6 Å². The topological polar surface area (TPSA) is 75.1 Å². The first kappa shape index (κ1) is 11.5. The number of H-pyrrole nitrogens is 1. The van der Waals surface area contributed by atoms with Gasteiger partial charge in [0.05, 0.1) is 17.5 Å². The van der Waals surface area contributed by atoms with E-state index < -0.39 is 17.1 Å². The molecule has 0 bridgehead atoms. The Labute approximate surface area is 95.1 Å². The van der Waals surface area contributed by atoms with Gasteiger partial charge in [0.1, 0.15) is 5.82 Å². The van der Waals surface area contributed by atoms with Crippen molar-refractivity contribution in [3.8, 4) is 0 Å². The van der Waals surface area contributed by atoms with Crippen LogP contribution in [0.1, 0.15) is 12.5 Å². The number of rotatable bonds is 2. The van der Waals surface area contributed by atoms with Crippen LogP contribution in [-0.2, 0) is 13.2 Å². The van der Waals surface area contributed by atoms with Gasteiger partial charge in [0.15, 0.2) is 0 Å². The largest absolute Gasteiger partial charge is 0.392 e. The van der Waals surface area contributed by atoms with Crippen molar-refractivity contribution < 1.29 is 9.50 Å². The number of hydrogen-bond acceptors (Lipinski definition) is 3. The highest BCUT2D eigenvalue weighted by Crippen LogP contribution is 2.14. The number of aliphatic hydroxyl groups is 1. The monoisotopic (exact) mass is 238 g/mol. The maximum atomic E-state index is 13.7. The summed E-state index contributed by atoms with van der Waals surface area (Å²) in [6.07, 6.45) is 0. The van der Waals surface area contributed by atoms with Crippen molar-refractivity contribution in [2.24, 2.45) is 0 Å². The van der Waals surface area contributed by atoms with Crippen LogP contribution < -0.4 is 11.2 Å². The number of aliphatic hydroxyl groups excluding tert-OH is 1. The Balaban J connectivity index is 2.97. The van der Waals surface area contributed by atoms with Gasteiger partial charge in [0.25, 0.3) is 5.56 Å². The highest BCUT2D eigenvalue weighted by Gasteiger charge is 2.11. The molecule has 1 aromatic heterocycles. The molecule has 0 saturated heterocycles. The van der Waals surface area contributed by atoms with Crippen molar-refractivity contribution in [1.29, 1.82) is 0 Å². The molecule has 0 fully saturated rings. The Bertz CT molecular complexity index is 687. The Kier molecular flexibility index (Phi) is 2.81. The first-order valence-corrected chi connectivity index (χ1v) is 5.14. The highest BCUT2D eigenvalue weighted by molar-refractivity contribution is 5.78. The van der Waals surface area contributed by atoms with Crippen LogP contribution in [0, 0.1) is 5.82 Å². The summed E-state index contributed by atoms with van der Waals surface area (Å²) in [6.45, 7) is 1.44. The molecular formula is C11H11FN2O3. The summed E-state index contributed by atoms with van der Waals surface area (Å²) in [5.41, 5.74) is -0.833. The Hall–Kier alpha value is -1.95. The number of nitrogens with one attached hydrogen (secondary N) is 1. The van der Waals surface area contributed by atoms with E-state index in [2.05, 4.69) is 4.98 Å². The first-order chi connectivity index (χ1) is 8.08. The Morgan fingerprint density at radius 3 is 2.71 bits per heavy atom. The third-order valence-corrected chi connectivity index (χ3v) is 2.59. The molecule has 17 heavy (non-hydrogen) atoms. The maximum Gasteiger partial charge on any atom is 0.328 e. The minimum Gasteiger partial charge on any atom is -0.392 e. The molecule has 0 spiro atoms. The van der Waals surface area contributed by atoms with Gasteiger partial charge in [0.2, 0.25) is 0 Å². The van der Waals surface area contributed by atoms with Crippen LogP contribution in [0.25, 0.3) is 10.9 Å². The van der Waals surface area contributed by atoms with Gasteiger partial charge in [-0.3, -0.25) is 9.36 Å². The zero-order chi connectivity index (χ0) is 12.6. The van der Waals surface area contributed by atoms with Crippen LogP contribution in [0.4, 0.5) is 4.39 Å². The van der Waals surface area contributed by atoms with Crippen molar-refractivity contribution in [3.63, 3.8) is 0 Å². The van der Waals surface area contributed by atoms with E-state index in [-0.39, 0.29) is 24.1 Å². The predicted octanol–water partition coefficient (Wildman–Crippen LogP) is 0.341. The lowest BCUT2D eigenvalue weighted by Gasteiger charge is -2.05. The van der Waals surface area contributed by atoms with Gasteiger partial charge in [-0.2, -0.15) is 0 Å². The zero-order valence-electron chi connectivity index (χ0n) is 9.16. The van der Waals surface area contributed by atoms with Crippen LogP contribution >= 0.6 is 0 Å². The van der Waals surface area contributed by atoms with E-state index in [9.17, 15) is 14.0 Å². The summed E-state index contributed by atoms with van der Waals surface area (Å²) in [5, 5.41) is 8.76. The lowest BCUT2D eigenvalue weighted by atomic mass is 10.1. The van der Waals surface area contributed by atoms with E-state index in [4.69, 9.17) is 5.11 Å². The fraction of sp³-hybridized carbons (Fsp3) is 0.273. The molecule has 0 atom stereocenters. The molecule has 0 aliphatic carbocycles. The van der Waals surface area contributed by atoms with Gasteiger partial charge in [-0.1, -0.05) is 0 Å². The van der Waals surface area contributed by atoms with Gasteiger partial charge in [0, 0.05) is 6.54 Å². The molecule has 2 aromatic rings. The summed E-state index contributed by atoms with van der Waals surface area (Å²) in [5.74, 6) is -0.741. The van der Waals surface area contributed by atoms with Crippen molar-refractivity contribution in [3.05, 3.63) is 44.4 Å². The standard InChI is InChI=1S/C11H11FN2O3/c1-2-14-10(16)9-7(12)3-6(5-15)4-8(9)13-11(14)17/h3-4,15H,2,5H2,1H3,(H,13,17). The fourth-order valence-corrected chi connectivity index (χ4v) is 1.77. The minimum atomic E-state index is -0.741. The molecule has 0 aliphatic heterocycles. The lowest BCUT2D eigenvalue weighted by Crippen LogP contribution is -2.34. The predicted molar refractivity (Wildman–Crippen MR) is 60.4 cm³/mol. The lowest BCUT2D eigenvalue weighted by molar-refractivity contribution is 0.281. The molecule has 90 valence electrons. The summed E-state index contributed by atoms with van der Waals surface area (Å²) in [7, 11) is 0. The van der Waals surface area contributed by atoms with Crippen LogP contribution in [0.2, 0.25) is 0 Å². The molecule has 0 radical (unpaired) electrons. The second kappa shape index (κ2) is 4.14. The molecule has 2 N–H and O–H groups in total. The minimum absolute atomic E-state index is 0.105. The second-order valence-corrected chi connectivity index (χ2v) is 3.64. The van der Waals surface area contributed by atoms with Crippen molar-refractivity contribution in [1.82, 2.24) is 9.55 Å². The molecule has 1 heterocycles. The number of benzene rings is 1. The van der Waals surface area contributed by atoms with E-state index >= 15 is 0 Å². The number of halogens is 1. The van der Waals surface area contributed by atoms with E-state index in [1.165, 1.54) is 6.07 Å². The van der Waals surface area contributed by atoms with Crippen molar-refractivity contribution in [2.75, 3.05) is 0 Å². The van der Waals surface area contributed by atoms with Crippen molar-refractivity contribution in [2.45, 2.75) is 20.1 Å². The smallest absolute Gasteiger partial charge is 0.328 e. The van der Waals surface area contributed by atoms with Crippen LogP contribution in [0.15, 0.2) is 21.7 Å². The number of fused-ring (bicyclic) bond motifs is 1. The Morgan fingerprint density at radius 1 is 1.41 bits per heavy atom. The number of aromatic amines is 1. The van der Waals surface area contributed by atoms with Gasteiger partial charge in [-0.25, -0.2) is 9.18 Å². The van der Waals surface area contributed by atoms with Gasteiger partial charge in [-0.15, -0.1) is 0 Å². The molecule has 2 rings (SSSR count). The zero-order valence-corrected chi connectivity index (χ0v) is 9.16. The van der Waals surface area contributed by atoms with Crippen LogP contribution in [0.5, 0.6) is 0 Å². The Morgan fingerprint density at radius 2 is 2.12 bits per heavy atom. The quantitative estimate of drug-likeness (QED) is 0.792. The van der Waals surface area contributed by atoms with E-state index in [1.54, 1.807) is 6.92 Å². The molecular weight excluding hydrogens is 227 g/mol. The first-order valence-electron chi connectivity index (χ1n) is 5.14. The van der Waals surface area contributed by atoms with E-state index in [1.807, 2.05) is 0 Å². The van der Waals surface area contributed by atoms with Crippen LogP contribution in [-0.4, -0.2) is 14.7 Å². The number of nitrogens with zero attached hydrogens (tertiary/aromatic N) is 1. The number of hydrogen-bond donors (Lipinski definition) is 2. The van der Waals surface area contributed by atoms with Gasteiger partial charge < -0.3 is 10.1 Å². The third-order valence-electron chi connectivity index (χ3n) is 2.59. The second-order valence-electron chi connectivity index (χ2n) is 3.64. The average molecular weight is 238 g/mol. The molecule has 0 aliphatic rings. The maximum absolute atomic E-state index is 13.7. The molecule has 6 heteroatoms. The summed E-state index contributed by atoms with van der Waals surface area (Å²) in [6, 6.07) is 2.48. The van der Waals surface area contributed by atoms with Gasteiger partial charge in [-0.05, 0) is 24.6 Å². The fourth-order valence-electron chi connectivity index (χ4n) is 1.77. The van der Waals surface area contributed by atoms with Crippen molar-refractivity contribution >= 4 is 10.9 Å². The third kappa shape index (κ3) is 1.76. The molecule has 1 aromatic carbocycles. The molecule has 5 nitrogen and oxygen atoms in total. The molecule has 0 unspecified atom stereocenters. The van der Waals surface area contributed by atoms with Crippen LogP contribution in [0.3, 0.4) is 0 Å². The van der Waals surface area contributed by atoms with Gasteiger partial charge >= 0.3 is 5.69 Å². The summed E-state index contributed by atoms with van der Waals surface area (Å²) >= 11 is 0. The summed E-state index contributed by atoms with van der Waals surface area (Å²) < 4.78 is 14.6. The molecule has 0 amide bonds. The molecule has 0 saturated carbocycles. The average Bonchev–Trinajstić information content (AvgIpc) is 2.28. The SMILES string of the molecule is CCn1c(=O)[nH]c2cc(CO)cc(F)c2c1=O.